The van der Waals surface area contributed by atoms with Crippen LogP contribution in [-0.4, -0.2) is 40.1 Å². The zero-order valence-corrected chi connectivity index (χ0v) is 16.4. The van der Waals surface area contributed by atoms with Gasteiger partial charge in [-0.2, -0.15) is 5.10 Å². The topological polar surface area (TPSA) is 61.0 Å². The fourth-order valence-corrected chi connectivity index (χ4v) is 4.16. The molecular weight excluding hydrogens is 380 g/mol. The molecule has 0 saturated carbocycles. The first kappa shape index (κ1) is 18.2. The molecule has 4 rings (SSSR count). The Kier molecular flexibility index (Phi) is 5.57. The average molecular weight is 401 g/mol. The third kappa shape index (κ3) is 4.58. The molecule has 0 atom stereocenters. The van der Waals surface area contributed by atoms with Gasteiger partial charge in [0.25, 0.3) is 5.91 Å². The van der Waals surface area contributed by atoms with E-state index in [9.17, 15) is 4.79 Å². The summed E-state index contributed by atoms with van der Waals surface area (Å²) in [7, 11) is 0. The zero-order valence-electron chi connectivity index (χ0n) is 14.8. The molecule has 2 N–H and O–H groups in total. The van der Waals surface area contributed by atoms with E-state index in [0.717, 1.165) is 48.1 Å². The first-order valence-corrected chi connectivity index (χ1v) is 10.3. The molecule has 140 valence electrons. The Morgan fingerprint density at radius 2 is 2.04 bits per heavy atom. The van der Waals surface area contributed by atoms with Crippen molar-refractivity contribution in [3.05, 3.63) is 64.1 Å². The molecule has 7 heteroatoms. The van der Waals surface area contributed by atoms with Gasteiger partial charge in [-0.15, -0.1) is 11.3 Å². The van der Waals surface area contributed by atoms with Crippen LogP contribution in [0.1, 0.15) is 28.9 Å². The Hall–Kier alpha value is -2.15. The van der Waals surface area contributed by atoms with Gasteiger partial charge in [0.1, 0.15) is 0 Å². The smallest absolute Gasteiger partial charge is 0.272 e. The predicted octanol–water partition coefficient (Wildman–Crippen LogP) is 4.19. The molecule has 2 aromatic heterocycles. The van der Waals surface area contributed by atoms with Crippen molar-refractivity contribution in [1.82, 2.24) is 20.4 Å². The minimum absolute atomic E-state index is 0.106. The van der Waals surface area contributed by atoms with E-state index >= 15 is 0 Å². The van der Waals surface area contributed by atoms with Crippen LogP contribution in [0, 0.1) is 0 Å². The highest BCUT2D eigenvalue weighted by atomic mass is 35.5. The molecule has 0 unspecified atom stereocenters. The fourth-order valence-electron chi connectivity index (χ4n) is 3.34. The van der Waals surface area contributed by atoms with Crippen molar-refractivity contribution >= 4 is 28.8 Å². The number of amides is 1. The molecular formula is C20H21ClN4OS. The van der Waals surface area contributed by atoms with Gasteiger partial charge < -0.3 is 5.32 Å². The van der Waals surface area contributed by atoms with E-state index in [4.69, 9.17) is 11.6 Å². The number of carbonyl (C=O) groups excluding carboxylic acids is 1. The maximum atomic E-state index is 12.5. The van der Waals surface area contributed by atoms with Gasteiger partial charge in [-0.05, 0) is 48.1 Å². The van der Waals surface area contributed by atoms with Gasteiger partial charge in [0.2, 0.25) is 0 Å². The number of nitrogens with one attached hydrogen (secondary N) is 2. The highest BCUT2D eigenvalue weighted by Crippen LogP contribution is 2.23. The average Bonchev–Trinajstić information content (AvgIpc) is 3.36. The second kappa shape index (κ2) is 8.25. The number of hydrogen-bond donors (Lipinski definition) is 2. The van der Waals surface area contributed by atoms with Crippen LogP contribution in [-0.2, 0) is 6.54 Å². The highest BCUT2D eigenvalue weighted by Gasteiger charge is 2.22. The monoisotopic (exact) mass is 400 g/mol. The third-order valence-electron chi connectivity index (χ3n) is 4.84. The predicted molar refractivity (Wildman–Crippen MR) is 109 cm³/mol. The Balaban J connectivity index is 1.27. The number of rotatable bonds is 5. The molecule has 0 spiro atoms. The summed E-state index contributed by atoms with van der Waals surface area (Å²) in [6.45, 7) is 2.85. The Morgan fingerprint density at radius 3 is 2.74 bits per heavy atom. The quantitative estimate of drug-likeness (QED) is 0.675. The van der Waals surface area contributed by atoms with Crippen molar-refractivity contribution in [2.45, 2.75) is 25.4 Å². The second-order valence-corrected chi connectivity index (χ2v) is 8.18. The number of H-pyrrole nitrogens is 1. The molecule has 3 heterocycles. The van der Waals surface area contributed by atoms with Gasteiger partial charge >= 0.3 is 0 Å². The van der Waals surface area contributed by atoms with E-state index < -0.39 is 0 Å². The van der Waals surface area contributed by atoms with E-state index in [1.807, 2.05) is 35.7 Å². The van der Waals surface area contributed by atoms with Crippen molar-refractivity contribution in [3.63, 3.8) is 0 Å². The molecule has 1 amide bonds. The summed E-state index contributed by atoms with van der Waals surface area (Å²) in [5.74, 6) is -0.106. The van der Waals surface area contributed by atoms with Crippen LogP contribution in [0.4, 0.5) is 0 Å². The molecule has 1 aromatic carbocycles. The summed E-state index contributed by atoms with van der Waals surface area (Å²) in [5, 5.41) is 13.0. The number of carbonyl (C=O) groups is 1. The number of nitrogens with zero attached hydrogens (tertiary/aromatic N) is 2. The third-order valence-corrected chi connectivity index (χ3v) is 5.99. The summed E-state index contributed by atoms with van der Waals surface area (Å²) >= 11 is 7.56. The fraction of sp³-hybridized carbons (Fsp3) is 0.300. The van der Waals surface area contributed by atoms with Crippen LogP contribution in [0.5, 0.6) is 0 Å². The minimum atomic E-state index is -0.106. The number of aromatic amines is 1. The number of thiophene rings is 1. The number of piperidine rings is 1. The summed E-state index contributed by atoms with van der Waals surface area (Å²) < 4.78 is 0. The SMILES string of the molecule is O=C(NC1CCN(Cc2ccc(Cl)cc2)CC1)c1cc(-c2cccs2)[nH]n1. The molecule has 3 aromatic rings. The van der Waals surface area contributed by atoms with Gasteiger partial charge in [-0.25, -0.2) is 0 Å². The highest BCUT2D eigenvalue weighted by molar-refractivity contribution is 7.13. The lowest BCUT2D eigenvalue weighted by Crippen LogP contribution is -2.44. The molecule has 1 aliphatic heterocycles. The lowest BCUT2D eigenvalue weighted by molar-refractivity contribution is 0.0904. The van der Waals surface area contributed by atoms with E-state index in [1.54, 1.807) is 11.3 Å². The molecule has 1 aliphatic rings. The van der Waals surface area contributed by atoms with Crippen molar-refractivity contribution in [3.8, 4) is 10.6 Å². The second-order valence-electron chi connectivity index (χ2n) is 6.79. The van der Waals surface area contributed by atoms with Crippen LogP contribution in [0.15, 0.2) is 47.8 Å². The van der Waals surface area contributed by atoms with E-state index in [1.165, 1.54) is 5.56 Å². The lowest BCUT2D eigenvalue weighted by Gasteiger charge is -2.32. The molecule has 1 saturated heterocycles. The Labute approximate surface area is 167 Å². The standard InChI is InChI=1S/C20H21ClN4OS/c21-15-5-3-14(4-6-15)13-25-9-7-16(8-10-25)22-20(26)18-12-17(23-24-18)19-2-1-11-27-19/h1-6,11-12,16H,7-10,13H2,(H,22,26)(H,23,24). The van der Waals surface area contributed by atoms with Crippen LogP contribution < -0.4 is 5.32 Å². The van der Waals surface area contributed by atoms with Gasteiger partial charge in [0.15, 0.2) is 5.69 Å². The van der Waals surface area contributed by atoms with E-state index in [-0.39, 0.29) is 11.9 Å². The number of hydrogen-bond acceptors (Lipinski definition) is 4. The molecule has 0 radical (unpaired) electrons. The maximum Gasteiger partial charge on any atom is 0.272 e. The first-order valence-electron chi connectivity index (χ1n) is 9.04. The number of halogens is 1. The number of aromatic nitrogens is 2. The van der Waals surface area contributed by atoms with Crippen molar-refractivity contribution in [2.75, 3.05) is 13.1 Å². The van der Waals surface area contributed by atoms with E-state index in [2.05, 4.69) is 32.5 Å². The Bertz CT molecular complexity index is 883. The molecule has 0 bridgehead atoms. The number of benzene rings is 1. The largest absolute Gasteiger partial charge is 0.348 e. The van der Waals surface area contributed by atoms with Crippen molar-refractivity contribution in [2.24, 2.45) is 0 Å². The molecule has 1 fully saturated rings. The van der Waals surface area contributed by atoms with Crippen LogP contribution >= 0.6 is 22.9 Å². The minimum Gasteiger partial charge on any atom is -0.348 e. The summed E-state index contributed by atoms with van der Waals surface area (Å²) in [5.41, 5.74) is 2.59. The van der Waals surface area contributed by atoms with Crippen LogP contribution in [0.25, 0.3) is 10.6 Å². The normalized spacial score (nSPS) is 15.7. The molecule has 5 nitrogen and oxygen atoms in total. The van der Waals surface area contributed by atoms with Crippen LogP contribution in [0.3, 0.4) is 0 Å². The summed E-state index contributed by atoms with van der Waals surface area (Å²) in [6, 6.07) is 14.0. The van der Waals surface area contributed by atoms with Crippen LogP contribution in [0.2, 0.25) is 5.02 Å². The van der Waals surface area contributed by atoms with Gasteiger partial charge in [0, 0.05) is 30.7 Å². The zero-order chi connectivity index (χ0) is 18.6. The summed E-state index contributed by atoms with van der Waals surface area (Å²) in [6.07, 6.45) is 1.89. The van der Waals surface area contributed by atoms with Crippen molar-refractivity contribution in [1.29, 1.82) is 0 Å². The Morgan fingerprint density at radius 1 is 1.26 bits per heavy atom. The molecule has 27 heavy (non-hydrogen) atoms. The first-order chi connectivity index (χ1) is 13.2. The van der Waals surface area contributed by atoms with Gasteiger partial charge in [0.05, 0.1) is 10.6 Å². The molecule has 0 aliphatic carbocycles. The number of likely N-dealkylation sites (tertiary alicyclic amines) is 1. The summed E-state index contributed by atoms with van der Waals surface area (Å²) in [4.78, 5) is 16.0. The maximum absolute atomic E-state index is 12.5. The van der Waals surface area contributed by atoms with Crippen molar-refractivity contribution < 1.29 is 4.79 Å². The van der Waals surface area contributed by atoms with E-state index in [0.29, 0.717) is 5.69 Å². The van der Waals surface area contributed by atoms with Gasteiger partial charge in [-0.1, -0.05) is 29.8 Å². The van der Waals surface area contributed by atoms with Gasteiger partial charge in [-0.3, -0.25) is 14.8 Å². The lowest BCUT2D eigenvalue weighted by atomic mass is 10.0.